The average Bonchev–Trinajstić information content (AvgIpc) is 2.53. The molecule has 1 aliphatic carbocycles. The standard InChI is InChI=1S/C17H23NO2/c19-17(20-12-13-6-2-1-3-7-13)15-10-14-8-4-5-9-16(14)18-11-15/h1-3,6-7,14-16,18H,4-5,8-12H2. The van der Waals surface area contributed by atoms with Crippen molar-refractivity contribution in [2.75, 3.05) is 6.54 Å². The van der Waals surface area contributed by atoms with Gasteiger partial charge >= 0.3 is 5.97 Å². The van der Waals surface area contributed by atoms with Crippen molar-refractivity contribution < 1.29 is 9.53 Å². The highest BCUT2D eigenvalue weighted by Gasteiger charge is 2.35. The summed E-state index contributed by atoms with van der Waals surface area (Å²) in [5, 5.41) is 3.55. The van der Waals surface area contributed by atoms with Gasteiger partial charge in [0.05, 0.1) is 5.92 Å². The van der Waals surface area contributed by atoms with E-state index < -0.39 is 0 Å². The lowest BCUT2D eigenvalue weighted by Gasteiger charge is -2.39. The van der Waals surface area contributed by atoms with Gasteiger partial charge in [-0.1, -0.05) is 43.2 Å². The molecule has 1 aliphatic heterocycles. The van der Waals surface area contributed by atoms with E-state index in [2.05, 4.69) is 5.32 Å². The second kappa shape index (κ2) is 6.40. The number of carbonyl (C=O) groups is 1. The van der Waals surface area contributed by atoms with E-state index in [1.54, 1.807) is 0 Å². The topological polar surface area (TPSA) is 38.3 Å². The molecule has 1 heterocycles. The fraction of sp³-hybridized carbons (Fsp3) is 0.588. The van der Waals surface area contributed by atoms with Crippen LogP contribution in [-0.4, -0.2) is 18.6 Å². The van der Waals surface area contributed by atoms with Crippen molar-refractivity contribution in [1.29, 1.82) is 0 Å². The predicted molar refractivity (Wildman–Crippen MR) is 78.1 cm³/mol. The van der Waals surface area contributed by atoms with Gasteiger partial charge < -0.3 is 10.1 Å². The number of ether oxygens (including phenoxy) is 1. The minimum atomic E-state index is -0.0367. The zero-order valence-electron chi connectivity index (χ0n) is 11.9. The molecular weight excluding hydrogens is 250 g/mol. The first-order valence-corrected chi connectivity index (χ1v) is 7.77. The quantitative estimate of drug-likeness (QED) is 0.861. The summed E-state index contributed by atoms with van der Waals surface area (Å²) in [6.07, 6.45) is 6.19. The first-order chi connectivity index (χ1) is 9.83. The number of rotatable bonds is 3. The Bertz CT molecular complexity index is 446. The summed E-state index contributed by atoms with van der Waals surface area (Å²) in [6, 6.07) is 10.5. The van der Waals surface area contributed by atoms with Crippen molar-refractivity contribution in [3.63, 3.8) is 0 Å². The molecule has 20 heavy (non-hydrogen) atoms. The molecule has 1 N–H and O–H groups in total. The van der Waals surface area contributed by atoms with Crippen LogP contribution in [0.15, 0.2) is 30.3 Å². The van der Waals surface area contributed by atoms with Crippen LogP contribution >= 0.6 is 0 Å². The van der Waals surface area contributed by atoms with Crippen LogP contribution in [0.2, 0.25) is 0 Å². The third kappa shape index (κ3) is 3.21. The monoisotopic (exact) mass is 273 g/mol. The Morgan fingerprint density at radius 2 is 2.00 bits per heavy atom. The third-order valence-electron chi connectivity index (χ3n) is 4.68. The van der Waals surface area contributed by atoms with Crippen molar-refractivity contribution in [2.24, 2.45) is 11.8 Å². The van der Waals surface area contributed by atoms with Crippen LogP contribution in [0.25, 0.3) is 0 Å². The third-order valence-corrected chi connectivity index (χ3v) is 4.68. The van der Waals surface area contributed by atoms with E-state index in [1.807, 2.05) is 30.3 Å². The molecule has 1 aromatic carbocycles. The maximum Gasteiger partial charge on any atom is 0.310 e. The second-order valence-electron chi connectivity index (χ2n) is 6.09. The van der Waals surface area contributed by atoms with Crippen LogP contribution in [0.4, 0.5) is 0 Å². The Morgan fingerprint density at radius 1 is 1.20 bits per heavy atom. The zero-order valence-corrected chi connectivity index (χ0v) is 11.9. The van der Waals surface area contributed by atoms with E-state index in [0.29, 0.717) is 18.6 Å². The molecule has 1 saturated heterocycles. The molecule has 3 nitrogen and oxygen atoms in total. The summed E-state index contributed by atoms with van der Waals surface area (Å²) in [7, 11) is 0. The van der Waals surface area contributed by atoms with Gasteiger partial charge in [0.15, 0.2) is 0 Å². The highest BCUT2D eigenvalue weighted by atomic mass is 16.5. The normalized spacial score (nSPS) is 29.5. The summed E-state index contributed by atoms with van der Waals surface area (Å²) in [6.45, 7) is 1.18. The number of benzene rings is 1. The first kappa shape index (κ1) is 13.6. The molecule has 108 valence electrons. The van der Waals surface area contributed by atoms with Gasteiger partial charge in [0.25, 0.3) is 0 Å². The average molecular weight is 273 g/mol. The molecular formula is C17H23NO2. The Morgan fingerprint density at radius 3 is 2.85 bits per heavy atom. The SMILES string of the molecule is O=C(OCc1ccccc1)C1CNC2CCCCC2C1. The fourth-order valence-electron chi connectivity index (χ4n) is 3.53. The number of esters is 1. The Balaban J connectivity index is 1.50. The predicted octanol–water partition coefficient (Wildman–Crippen LogP) is 2.90. The minimum absolute atomic E-state index is 0.0367. The highest BCUT2D eigenvalue weighted by Crippen LogP contribution is 2.33. The molecule has 3 heteroatoms. The Hall–Kier alpha value is -1.35. The van der Waals surface area contributed by atoms with Crippen molar-refractivity contribution in [3.05, 3.63) is 35.9 Å². The van der Waals surface area contributed by atoms with E-state index >= 15 is 0 Å². The van der Waals surface area contributed by atoms with Crippen LogP contribution < -0.4 is 5.32 Å². The second-order valence-corrected chi connectivity index (χ2v) is 6.09. The summed E-state index contributed by atoms with van der Waals surface area (Å²) >= 11 is 0. The minimum Gasteiger partial charge on any atom is -0.461 e. The number of piperidine rings is 1. The van der Waals surface area contributed by atoms with E-state index in [0.717, 1.165) is 18.5 Å². The van der Waals surface area contributed by atoms with Crippen molar-refractivity contribution in [1.82, 2.24) is 5.32 Å². The van der Waals surface area contributed by atoms with Gasteiger partial charge in [0.2, 0.25) is 0 Å². The van der Waals surface area contributed by atoms with Crippen LogP contribution in [0.5, 0.6) is 0 Å². The van der Waals surface area contributed by atoms with Gasteiger partial charge in [0, 0.05) is 12.6 Å². The van der Waals surface area contributed by atoms with Crippen LogP contribution in [0.3, 0.4) is 0 Å². The summed E-state index contributed by atoms with van der Waals surface area (Å²) in [4.78, 5) is 12.2. The lowest BCUT2D eigenvalue weighted by molar-refractivity contribution is -0.151. The Labute approximate surface area is 120 Å². The van der Waals surface area contributed by atoms with Gasteiger partial charge in [-0.05, 0) is 30.7 Å². The van der Waals surface area contributed by atoms with Crippen LogP contribution in [0, 0.1) is 11.8 Å². The van der Waals surface area contributed by atoms with Crippen molar-refractivity contribution in [3.8, 4) is 0 Å². The van der Waals surface area contributed by atoms with Gasteiger partial charge in [-0.25, -0.2) is 0 Å². The van der Waals surface area contributed by atoms with Gasteiger partial charge in [-0.15, -0.1) is 0 Å². The highest BCUT2D eigenvalue weighted by molar-refractivity contribution is 5.73. The number of carbonyl (C=O) groups excluding carboxylic acids is 1. The molecule has 2 aliphatic rings. The van der Waals surface area contributed by atoms with E-state index in [4.69, 9.17) is 4.74 Å². The van der Waals surface area contributed by atoms with Crippen molar-refractivity contribution >= 4 is 5.97 Å². The number of hydrogen-bond donors (Lipinski definition) is 1. The van der Waals surface area contributed by atoms with E-state index in [1.165, 1.54) is 25.7 Å². The van der Waals surface area contributed by atoms with Gasteiger partial charge in [-0.2, -0.15) is 0 Å². The Kier molecular flexibility index (Phi) is 4.36. The summed E-state index contributed by atoms with van der Waals surface area (Å²) < 4.78 is 5.47. The molecule has 3 rings (SSSR count). The molecule has 3 unspecified atom stereocenters. The lowest BCUT2D eigenvalue weighted by atomic mass is 9.76. The molecule has 1 aromatic rings. The van der Waals surface area contributed by atoms with E-state index in [9.17, 15) is 4.79 Å². The fourth-order valence-corrected chi connectivity index (χ4v) is 3.53. The maximum absolute atomic E-state index is 12.2. The molecule has 1 saturated carbocycles. The maximum atomic E-state index is 12.2. The molecule has 0 radical (unpaired) electrons. The molecule has 0 bridgehead atoms. The smallest absolute Gasteiger partial charge is 0.310 e. The van der Waals surface area contributed by atoms with Crippen LogP contribution in [-0.2, 0) is 16.1 Å². The number of nitrogens with one attached hydrogen (secondary N) is 1. The number of hydrogen-bond acceptors (Lipinski definition) is 3. The molecule has 3 atom stereocenters. The molecule has 0 amide bonds. The molecule has 0 spiro atoms. The zero-order chi connectivity index (χ0) is 13.8. The van der Waals surface area contributed by atoms with Gasteiger partial charge in [0.1, 0.15) is 6.61 Å². The largest absolute Gasteiger partial charge is 0.461 e. The summed E-state index contributed by atoms with van der Waals surface area (Å²) in [5.74, 6) is 0.676. The van der Waals surface area contributed by atoms with Crippen LogP contribution in [0.1, 0.15) is 37.7 Å². The van der Waals surface area contributed by atoms with E-state index in [-0.39, 0.29) is 11.9 Å². The molecule has 2 fully saturated rings. The summed E-state index contributed by atoms with van der Waals surface area (Å²) in [5.41, 5.74) is 1.06. The first-order valence-electron chi connectivity index (χ1n) is 7.77. The van der Waals surface area contributed by atoms with Gasteiger partial charge in [-0.3, -0.25) is 4.79 Å². The lowest BCUT2D eigenvalue weighted by Crippen LogP contribution is -2.49. The van der Waals surface area contributed by atoms with Crippen molar-refractivity contribution in [2.45, 2.75) is 44.8 Å². The molecule has 0 aromatic heterocycles. The number of fused-ring (bicyclic) bond motifs is 1.